The summed E-state index contributed by atoms with van der Waals surface area (Å²) in [5, 5.41) is 2.94. The van der Waals surface area contributed by atoms with Crippen LogP contribution >= 0.6 is 0 Å². The Balaban J connectivity index is 1.62. The van der Waals surface area contributed by atoms with Crippen molar-refractivity contribution in [3.8, 4) is 5.75 Å². The molecule has 0 fully saturated rings. The van der Waals surface area contributed by atoms with E-state index >= 15 is 0 Å². The van der Waals surface area contributed by atoms with Crippen molar-refractivity contribution in [1.82, 2.24) is 5.32 Å². The number of fused-ring (bicyclic) bond motifs is 1. The van der Waals surface area contributed by atoms with Crippen LogP contribution in [0.1, 0.15) is 5.56 Å². The fourth-order valence-electron chi connectivity index (χ4n) is 2.48. The molecule has 0 bridgehead atoms. The average Bonchev–Trinajstić information content (AvgIpc) is 2.54. The van der Waals surface area contributed by atoms with Gasteiger partial charge in [0.05, 0.1) is 18.8 Å². The number of hydrogen-bond donors (Lipinski definition) is 2. The quantitative estimate of drug-likeness (QED) is 0.844. The Hall–Kier alpha value is -2.69. The summed E-state index contributed by atoms with van der Waals surface area (Å²) in [5.74, 6) is 0.760. The zero-order valence-corrected chi connectivity index (χ0v) is 12.3. The van der Waals surface area contributed by atoms with Crippen LogP contribution in [0.2, 0.25) is 0 Å². The normalized spacial score (nSPS) is 13.2. The van der Waals surface area contributed by atoms with Crippen molar-refractivity contribution in [2.75, 3.05) is 30.3 Å². The first-order valence-corrected chi connectivity index (χ1v) is 7.30. The van der Waals surface area contributed by atoms with Crippen molar-refractivity contribution in [2.24, 2.45) is 0 Å². The van der Waals surface area contributed by atoms with Gasteiger partial charge < -0.3 is 20.7 Å². The molecule has 2 aromatic carbocycles. The second kappa shape index (κ2) is 6.39. The summed E-state index contributed by atoms with van der Waals surface area (Å²) in [7, 11) is 0. The van der Waals surface area contributed by atoms with E-state index in [-0.39, 0.29) is 5.91 Å². The molecule has 3 N–H and O–H groups in total. The van der Waals surface area contributed by atoms with E-state index in [4.69, 9.17) is 10.5 Å². The number of rotatable bonds is 4. The summed E-state index contributed by atoms with van der Waals surface area (Å²) in [5.41, 5.74) is 8.45. The van der Waals surface area contributed by atoms with Crippen LogP contribution in [-0.4, -0.2) is 25.6 Å². The number of nitrogens with zero attached hydrogens (tertiary/aromatic N) is 1. The number of nitrogens with two attached hydrogens (primary N) is 1. The van der Waals surface area contributed by atoms with E-state index in [0.29, 0.717) is 31.9 Å². The smallest absolute Gasteiger partial charge is 0.239 e. The van der Waals surface area contributed by atoms with Gasteiger partial charge in [-0.25, -0.2) is 0 Å². The van der Waals surface area contributed by atoms with Crippen LogP contribution < -0.4 is 20.7 Å². The number of nitrogen functional groups attached to an aromatic ring is 1. The van der Waals surface area contributed by atoms with Crippen molar-refractivity contribution >= 4 is 17.3 Å². The summed E-state index contributed by atoms with van der Waals surface area (Å²) >= 11 is 0. The fraction of sp³-hybridized carbons (Fsp3) is 0.235. The van der Waals surface area contributed by atoms with E-state index in [2.05, 4.69) is 5.32 Å². The van der Waals surface area contributed by atoms with Crippen molar-refractivity contribution in [1.29, 1.82) is 0 Å². The van der Waals surface area contributed by atoms with Crippen LogP contribution in [-0.2, 0) is 11.3 Å². The van der Waals surface area contributed by atoms with Gasteiger partial charge >= 0.3 is 0 Å². The zero-order chi connectivity index (χ0) is 15.4. The lowest BCUT2D eigenvalue weighted by Crippen LogP contribution is -2.41. The molecule has 0 saturated carbocycles. The van der Waals surface area contributed by atoms with Gasteiger partial charge in [-0.3, -0.25) is 4.79 Å². The average molecular weight is 297 g/mol. The molecule has 0 spiro atoms. The van der Waals surface area contributed by atoms with Crippen LogP contribution in [0, 0.1) is 0 Å². The largest absolute Gasteiger partial charge is 0.490 e. The summed E-state index contributed by atoms with van der Waals surface area (Å²) in [6.45, 7) is 2.08. The number of ether oxygens (including phenoxy) is 1. The van der Waals surface area contributed by atoms with Crippen molar-refractivity contribution < 1.29 is 9.53 Å². The lowest BCUT2D eigenvalue weighted by molar-refractivity contribution is -0.120. The lowest BCUT2D eigenvalue weighted by Gasteiger charge is -2.30. The Labute approximate surface area is 129 Å². The highest BCUT2D eigenvalue weighted by atomic mass is 16.5. The summed E-state index contributed by atoms with van der Waals surface area (Å²) < 4.78 is 5.59. The van der Waals surface area contributed by atoms with E-state index < -0.39 is 0 Å². The van der Waals surface area contributed by atoms with Gasteiger partial charge in [-0.15, -0.1) is 0 Å². The number of nitrogens with one attached hydrogen (secondary N) is 1. The third kappa shape index (κ3) is 3.31. The highest BCUT2D eigenvalue weighted by Gasteiger charge is 2.20. The molecule has 0 unspecified atom stereocenters. The molecule has 1 aliphatic rings. The van der Waals surface area contributed by atoms with Gasteiger partial charge in [-0.05, 0) is 23.8 Å². The van der Waals surface area contributed by atoms with E-state index in [1.165, 1.54) is 0 Å². The Kier molecular flexibility index (Phi) is 4.14. The van der Waals surface area contributed by atoms with E-state index in [1.807, 2.05) is 47.4 Å². The maximum atomic E-state index is 12.2. The van der Waals surface area contributed by atoms with Gasteiger partial charge in [0.2, 0.25) is 5.91 Å². The van der Waals surface area contributed by atoms with Gasteiger partial charge in [-0.1, -0.05) is 30.3 Å². The Morgan fingerprint density at radius 3 is 2.86 bits per heavy atom. The van der Waals surface area contributed by atoms with Crippen LogP contribution in [0.4, 0.5) is 11.4 Å². The first kappa shape index (κ1) is 14.3. The number of amides is 1. The first-order chi connectivity index (χ1) is 10.7. The number of carbonyl (C=O) groups is 1. The van der Waals surface area contributed by atoms with Crippen molar-refractivity contribution in [2.45, 2.75) is 6.54 Å². The minimum absolute atomic E-state index is 0.0147. The number of hydrogen-bond acceptors (Lipinski definition) is 4. The third-order valence-electron chi connectivity index (χ3n) is 3.61. The third-order valence-corrected chi connectivity index (χ3v) is 3.61. The van der Waals surface area contributed by atoms with Gasteiger partial charge in [0, 0.05) is 12.2 Å². The monoisotopic (exact) mass is 297 g/mol. The fourth-order valence-corrected chi connectivity index (χ4v) is 2.48. The highest BCUT2D eigenvalue weighted by molar-refractivity contribution is 5.82. The predicted octanol–water partition coefficient (Wildman–Crippen LogP) is 1.78. The van der Waals surface area contributed by atoms with Crippen molar-refractivity contribution in [3.63, 3.8) is 0 Å². The Morgan fingerprint density at radius 2 is 2.05 bits per heavy atom. The molecule has 1 amide bonds. The molecule has 0 saturated heterocycles. The molecule has 1 aliphatic heterocycles. The minimum Gasteiger partial charge on any atom is -0.490 e. The Morgan fingerprint density at radius 1 is 1.23 bits per heavy atom. The van der Waals surface area contributed by atoms with Gasteiger partial charge in [0.1, 0.15) is 12.4 Å². The number of carbonyl (C=O) groups excluding carboxylic acids is 1. The molecule has 0 aliphatic carbocycles. The molecule has 114 valence electrons. The SMILES string of the molecule is Nc1ccc2c(c1)N(CC(=O)NCc1ccccc1)CCO2. The van der Waals surface area contributed by atoms with Crippen molar-refractivity contribution in [3.05, 3.63) is 54.1 Å². The van der Waals surface area contributed by atoms with Gasteiger partial charge in [-0.2, -0.15) is 0 Å². The summed E-state index contributed by atoms with van der Waals surface area (Å²) in [4.78, 5) is 14.2. The minimum atomic E-state index is -0.0147. The molecule has 0 atom stereocenters. The summed E-state index contributed by atoms with van der Waals surface area (Å²) in [6, 6.07) is 15.4. The highest BCUT2D eigenvalue weighted by Crippen LogP contribution is 2.32. The molecular formula is C17H19N3O2. The molecule has 22 heavy (non-hydrogen) atoms. The standard InChI is InChI=1S/C17H19N3O2/c18-14-6-7-16-15(10-14)20(8-9-22-16)12-17(21)19-11-13-4-2-1-3-5-13/h1-7,10H,8-9,11-12,18H2,(H,19,21). The van der Waals surface area contributed by atoms with Crippen LogP contribution in [0.3, 0.4) is 0 Å². The van der Waals surface area contributed by atoms with Crippen LogP contribution in [0.15, 0.2) is 48.5 Å². The second-order valence-corrected chi connectivity index (χ2v) is 5.26. The maximum Gasteiger partial charge on any atom is 0.239 e. The second-order valence-electron chi connectivity index (χ2n) is 5.26. The molecule has 5 heteroatoms. The van der Waals surface area contributed by atoms with Gasteiger partial charge in [0.15, 0.2) is 0 Å². The lowest BCUT2D eigenvalue weighted by atomic mass is 10.2. The topological polar surface area (TPSA) is 67.6 Å². The van der Waals surface area contributed by atoms with Crippen LogP contribution in [0.25, 0.3) is 0 Å². The number of benzene rings is 2. The molecule has 0 aromatic heterocycles. The molecule has 5 nitrogen and oxygen atoms in total. The summed E-state index contributed by atoms with van der Waals surface area (Å²) in [6.07, 6.45) is 0. The van der Waals surface area contributed by atoms with E-state index in [0.717, 1.165) is 17.0 Å². The first-order valence-electron chi connectivity index (χ1n) is 7.30. The molecular weight excluding hydrogens is 278 g/mol. The number of anilines is 2. The van der Waals surface area contributed by atoms with E-state index in [1.54, 1.807) is 6.07 Å². The molecule has 0 radical (unpaired) electrons. The molecule has 1 heterocycles. The predicted molar refractivity (Wildman–Crippen MR) is 86.9 cm³/mol. The molecule has 2 aromatic rings. The zero-order valence-electron chi connectivity index (χ0n) is 12.3. The van der Waals surface area contributed by atoms with E-state index in [9.17, 15) is 4.79 Å². The van der Waals surface area contributed by atoms with Crippen LogP contribution in [0.5, 0.6) is 5.75 Å². The molecule has 3 rings (SSSR count). The Bertz CT molecular complexity index is 658. The maximum absolute atomic E-state index is 12.2. The van der Waals surface area contributed by atoms with Gasteiger partial charge in [0.25, 0.3) is 0 Å².